The van der Waals surface area contributed by atoms with Gasteiger partial charge in [-0.15, -0.1) is 0 Å². The Balaban J connectivity index is 2.07. The van der Waals surface area contributed by atoms with E-state index in [-0.39, 0.29) is 0 Å². The van der Waals surface area contributed by atoms with Crippen molar-refractivity contribution in [2.75, 3.05) is 7.11 Å². The van der Waals surface area contributed by atoms with E-state index >= 15 is 0 Å². The maximum absolute atomic E-state index is 5.11. The zero-order chi connectivity index (χ0) is 13.5. The first-order valence-corrected chi connectivity index (χ1v) is 6.19. The van der Waals surface area contributed by atoms with Gasteiger partial charge in [0.2, 0.25) is 0 Å². The number of hydrogen-bond donors (Lipinski definition) is 0. The van der Waals surface area contributed by atoms with Gasteiger partial charge >= 0.3 is 0 Å². The molecule has 0 unspecified atom stereocenters. The van der Waals surface area contributed by atoms with Crippen molar-refractivity contribution in [3.05, 3.63) is 65.7 Å². The molecule has 0 aromatic heterocycles. The van der Waals surface area contributed by atoms with Crippen molar-refractivity contribution >= 4 is 18.0 Å². The van der Waals surface area contributed by atoms with Gasteiger partial charge in [0.1, 0.15) is 5.75 Å². The van der Waals surface area contributed by atoms with E-state index in [0.29, 0.717) is 0 Å². The molecule has 0 fully saturated rings. The first kappa shape index (κ1) is 13.1. The summed E-state index contributed by atoms with van der Waals surface area (Å²) in [4.78, 5) is 4.43. The molecule has 0 aliphatic heterocycles. The van der Waals surface area contributed by atoms with Crippen molar-refractivity contribution in [1.82, 2.24) is 0 Å². The second-order valence-electron chi connectivity index (χ2n) is 4.26. The Labute approximate surface area is 114 Å². The SMILES string of the molecule is COc1ccc(N=C/C(C)=C/c2ccccc2)cc1. The number of rotatable bonds is 4. The largest absolute Gasteiger partial charge is 0.497 e. The van der Waals surface area contributed by atoms with Crippen LogP contribution < -0.4 is 4.74 Å². The van der Waals surface area contributed by atoms with E-state index in [1.54, 1.807) is 7.11 Å². The highest BCUT2D eigenvalue weighted by atomic mass is 16.5. The van der Waals surface area contributed by atoms with Crippen LogP contribution in [0.25, 0.3) is 6.08 Å². The maximum Gasteiger partial charge on any atom is 0.119 e. The van der Waals surface area contributed by atoms with Crippen LogP contribution in [0.15, 0.2) is 65.2 Å². The molecule has 2 rings (SSSR count). The highest BCUT2D eigenvalue weighted by Gasteiger charge is 1.91. The molecule has 0 amide bonds. The van der Waals surface area contributed by atoms with Crippen LogP contribution >= 0.6 is 0 Å². The Kier molecular flexibility index (Phi) is 4.51. The molecule has 0 aliphatic rings. The van der Waals surface area contributed by atoms with Crippen molar-refractivity contribution in [3.63, 3.8) is 0 Å². The summed E-state index contributed by atoms with van der Waals surface area (Å²) in [5.41, 5.74) is 3.21. The number of aliphatic imine (C=N–C) groups is 1. The fourth-order valence-electron chi connectivity index (χ4n) is 1.69. The minimum atomic E-state index is 0.843. The molecule has 0 saturated heterocycles. The van der Waals surface area contributed by atoms with Gasteiger partial charge in [-0.05, 0) is 42.3 Å². The number of allylic oxidation sites excluding steroid dienone is 1. The number of methoxy groups -OCH3 is 1. The number of hydrogen-bond acceptors (Lipinski definition) is 2. The van der Waals surface area contributed by atoms with Crippen LogP contribution in [-0.2, 0) is 0 Å². The normalized spacial score (nSPS) is 11.8. The molecule has 0 aliphatic carbocycles. The third-order valence-electron chi connectivity index (χ3n) is 2.68. The van der Waals surface area contributed by atoms with E-state index in [1.807, 2.05) is 55.6 Å². The first-order chi connectivity index (χ1) is 9.28. The number of benzene rings is 2. The van der Waals surface area contributed by atoms with Gasteiger partial charge < -0.3 is 4.74 Å². The Morgan fingerprint density at radius 1 is 1.00 bits per heavy atom. The summed E-state index contributed by atoms with van der Waals surface area (Å²) in [5, 5.41) is 0. The highest BCUT2D eigenvalue weighted by Crippen LogP contribution is 2.17. The van der Waals surface area contributed by atoms with Crippen LogP contribution in [0.1, 0.15) is 12.5 Å². The van der Waals surface area contributed by atoms with Gasteiger partial charge in [0.05, 0.1) is 12.8 Å². The predicted molar refractivity (Wildman–Crippen MR) is 81.2 cm³/mol. The van der Waals surface area contributed by atoms with E-state index < -0.39 is 0 Å². The minimum Gasteiger partial charge on any atom is -0.497 e. The monoisotopic (exact) mass is 251 g/mol. The van der Waals surface area contributed by atoms with E-state index in [9.17, 15) is 0 Å². The van der Waals surface area contributed by atoms with E-state index in [1.165, 1.54) is 5.56 Å². The minimum absolute atomic E-state index is 0.843. The second-order valence-corrected chi connectivity index (χ2v) is 4.26. The molecule has 19 heavy (non-hydrogen) atoms. The topological polar surface area (TPSA) is 21.6 Å². The van der Waals surface area contributed by atoms with Gasteiger partial charge in [0, 0.05) is 6.21 Å². The summed E-state index contributed by atoms with van der Waals surface area (Å²) in [6.07, 6.45) is 3.97. The van der Waals surface area contributed by atoms with Gasteiger partial charge in [0.25, 0.3) is 0 Å². The summed E-state index contributed by atoms with van der Waals surface area (Å²) in [6.45, 7) is 2.04. The molecule has 0 saturated carbocycles. The summed E-state index contributed by atoms with van der Waals surface area (Å²) in [5.74, 6) is 0.843. The van der Waals surface area contributed by atoms with E-state index in [4.69, 9.17) is 4.74 Å². The van der Waals surface area contributed by atoms with Crippen LogP contribution in [0.5, 0.6) is 5.75 Å². The standard InChI is InChI=1S/C17H17NO/c1-14(12-15-6-4-3-5-7-15)13-18-16-8-10-17(19-2)11-9-16/h3-13H,1-2H3/b14-12+,18-13?. The average Bonchev–Trinajstić information content (AvgIpc) is 2.47. The maximum atomic E-state index is 5.11. The molecule has 0 spiro atoms. The Bertz CT molecular complexity index is 568. The van der Waals surface area contributed by atoms with Gasteiger partial charge in [-0.3, -0.25) is 4.99 Å². The zero-order valence-corrected chi connectivity index (χ0v) is 11.2. The van der Waals surface area contributed by atoms with E-state index in [0.717, 1.165) is 17.0 Å². The zero-order valence-electron chi connectivity index (χ0n) is 11.2. The molecule has 0 N–H and O–H groups in total. The summed E-state index contributed by atoms with van der Waals surface area (Å²) in [6, 6.07) is 17.9. The molecule has 0 heterocycles. The third kappa shape index (κ3) is 4.11. The lowest BCUT2D eigenvalue weighted by molar-refractivity contribution is 0.415. The smallest absolute Gasteiger partial charge is 0.119 e. The first-order valence-electron chi connectivity index (χ1n) is 6.19. The van der Waals surface area contributed by atoms with Crippen LogP contribution in [0.3, 0.4) is 0 Å². The molecule has 2 aromatic rings. The van der Waals surface area contributed by atoms with Crippen LogP contribution in [0.4, 0.5) is 5.69 Å². The average molecular weight is 251 g/mol. The lowest BCUT2D eigenvalue weighted by atomic mass is 10.1. The molecule has 2 nitrogen and oxygen atoms in total. The fraction of sp³-hybridized carbons (Fsp3) is 0.118. The van der Waals surface area contributed by atoms with Crippen molar-refractivity contribution < 1.29 is 4.74 Å². The van der Waals surface area contributed by atoms with Gasteiger partial charge in [-0.25, -0.2) is 0 Å². The number of ether oxygens (including phenoxy) is 1. The molecule has 0 radical (unpaired) electrons. The molecule has 96 valence electrons. The predicted octanol–water partition coefficient (Wildman–Crippen LogP) is 4.50. The van der Waals surface area contributed by atoms with Gasteiger partial charge in [0.15, 0.2) is 0 Å². The van der Waals surface area contributed by atoms with Crippen molar-refractivity contribution in [3.8, 4) is 5.75 Å². The van der Waals surface area contributed by atoms with Crippen molar-refractivity contribution in [1.29, 1.82) is 0 Å². The van der Waals surface area contributed by atoms with E-state index in [2.05, 4.69) is 23.2 Å². The lowest BCUT2D eigenvalue weighted by Crippen LogP contribution is -1.81. The van der Waals surface area contributed by atoms with Crippen molar-refractivity contribution in [2.24, 2.45) is 4.99 Å². The van der Waals surface area contributed by atoms with Crippen LogP contribution in [0.2, 0.25) is 0 Å². The quantitative estimate of drug-likeness (QED) is 0.733. The van der Waals surface area contributed by atoms with Crippen LogP contribution in [-0.4, -0.2) is 13.3 Å². The molecule has 0 bridgehead atoms. The highest BCUT2D eigenvalue weighted by molar-refractivity contribution is 5.86. The van der Waals surface area contributed by atoms with Gasteiger partial charge in [-0.2, -0.15) is 0 Å². The second kappa shape index (κ2) is 6.55. The summed E-state index contributed by atoms with van der Waals surface area (Å²) >= 11 is 0. The molecule has 2 heteroatoms. The summed E-state index contributed by atoms with van der Waals surface area (Å²) < 4.78 is 5.11. The Morgan fingerprint density at radius 2 is 1.68 bits per heavy atom. The van der Waals surface area contributed by atoms with Gasteiger partial charge in [-0.1, -0.05) is 36.4 Å². The van der Waals surface area contributed by atoms with Crippen LogP contribution in [0, 0.1) is 0 Å². The molecule has 0 atom stereocenters. The Hall–Kier alpha value is -2.35. The molecular formula is C17H17NO. The molecule has 2 aromatic carbocycles. The lowest BCUT2D eigenvalue weighted by Gasteiger charge is -1.99. The molecular weight excluding hydrogens is 234 g/mol. The third-order valence-corrected chi connectivity index (χ3v) is 2.68. The summed E-state index contributed by atoms with van der Waals surface area (Å²) in [7, 11) is 1.66. The number of nitrogens with zero attached hydrogens (tertiary/aromatic N) is 1. The van der Waals surface area contributed by atoms with Crippen molar-refractivity contribution in [2.45, 2.75) is 6.92 Å². The fourth-order valence-corrected chi connectivity index (χ4v) is 1.69. The Morgan fingerprint density at radius 3 is 2.32 bits per heavy atom.